The van der Waals surface area contributed by atoms with Crippen molar-refractivity contribution in [2.45, 2.75) is 23.8 Å². The second-order valence-corrected chi connectivity index (χ2v) is 6.96. The standard InChI is InChI=1S/C12H16ClFN2O3S/c1-19-8-2-4-16(5-3-8)20(17,18)12-7-11(15)10(14)6-9(12)13/h6-8H,2-5,15H2,1H3. The molecule has 1 saturated heterocycles. The number of hydrogen-bond acceptors (Lipinski definition) is 4. The minimum Gasteiger partial charge on any atom is -0.396 e. The average molecular weight is 323 g/mol. The van der Waals surface area contributed by atoms with Crippen LogP contribution in [0.2, 0.25) is 5.02 Å². The van der Waals surface area contributed by atoms with Gasteiger partial charge >= 0.3 is 0 Å². The fourth-order valence-corrected chi connectivity index (χ4v) is 4.18. The molecule has 112 valence electrons. The molecule has 2 rings (SSSR count). The van der Waals surface area contributed by atoms with Crippen molar-refractivity contribution in [1.29, 1.82) is 0 Å². The van der Waals surface area contributed by atoms with Crippen LogP contribution in [0.5, 0.6) is 0 Å². The Kier molecular flexibility index (Phi) is 4.53. The number of sulfonamides is 1. The van der Waals surface area contributed by atoms with Gasteiger partial charge in [0.05, 0.1) is 16.8 Å². The van der Waals surface area contributed by atoms with Crippen LogP contribution in [0.25, 0.3) is 0 Å². The van der Waals surface area contributed by atoms with Crippen LogP contribution in [0.4, 0.5) is 10.1 Å². The number of benzene rings is 1. The number of methoxy groups -OCH3 is 1. The highest BCUT2D eigenvalue weighted by Gasteiger charge is 2.31. The van der Waals surface area contributed by atoms with Crippen LogP contribution in [0.3, 0.4) is 0 Å². The second-order valence-electron chi connectivity index (χ2n) is 4.64. The summed E-state index contributed by atoms with van der Waals surface area (Å²) in [6.45, 7) is 0.683. The summed E-state index contributed by atoms with van der Waals surface area (Å²) in [7, 11) is -2.16. The van der Waals surface area contributed by atoms with Crippen LogP contribution in [0, 0.1) is 5.82 Å². The maximum Gasteiger partial charge on any atom is 0.244 e. The molecule has 1 aromatic carbocycles. The van der Waals surface area contributed by atoms with Crippen LogP contribution in [0.15, 0.2) is 17.0 Å². The minimum atomic E-state index is -3.76. The van der Waals surface area contributed by atoms with E-state index in [-0.39, 0.29) is 21.7 Å². The number of nitrogen functional groups attached to an aromatic ring is 1. The molecule has 5 nitrogen and oxygen atoms in total. The van der Waals surface area contributed by atoms with Crippen molar-refractivity contribution in [2.24, 2.45) is 0 Å². The minimum absolute atomic E-state index is 0.0650. The zero-order chi connectivity index (χ0) is 14.9. The number of anilines is 1. The molecule has 20 heavy (non-hydrogen) atoms. The summed E-state index contributed by atoms with van der Waals surface area (Å²) in [6.07, 6.45) is 1.30. The molecule has 1 aromatic rings. The van der Waals surface area contributed by atoms with Gasteiger partial charge in [0.15, 0.2) is 0 Å². The van der Waals surface area contributed by atoms with Crippen LogP contribution in [0.1, 0.15) is 12.8 Å². The summed E-state index contributed by atoms with van der Waals surface area (Å²) in [5, 5.41) is -0.162. The number of nitrogens with zero attached hydrogens (tertiary/aromatic N) is 1. The van der Waals surface area contributed by atoms with Gasteiger partial charge in [0.25, 0.3) is 0 Å². The van der Waals surface area contributed by atoms with E-state index >= 15 is 0 Å². The SMILES string of the molecule is COC1CCN(S(=O)(=O)c2cc(N)c(F)cc2Cl)CC1. The fourth-order valence-electron chi connectivity index (χ4n) is 2.19. The van der Waals surface area contributed by atoms with Crippen molar-refractivity contribution in [3.05, 3.63) is 23.0 Å². The first-order valence-electron chi connectivity index (χ1n) is 6.13. The molecule has 0 spiro atoms. The first kappa shape index (κ1) is 15.5. The van der Waals surface area contributed by atoms with E-state index in [2.05, 4.69) is 0 Å². The predicted molar refractivity (Wildman–Crippen MR) is 74.6 cm³/mol. The van der Waals surface area contributed by atoms with Gasteiger partial charge in [0, 0.05) is 20.2 Å². The number of halogens is 2. The van der Waals surface area contributed by atoms with Gasteiger partial charge in [-0.25, -0.2) is 12.8 Å². The quantitative estimate of drug-likeness (QED) is 0.862. The molecule has 0 atom stereocenters. The molecule has 0 aromatic heterocycles. The van der Waals surface area contributed by atoms with E-state index in [0.717, 1.165) is 12.1 Å². The summed E-state index contributed by atoms with van der Waals surface area (Å²) in [5.74, 6) is -0.730. The van der Waals surface area contributed by atoms with E-state index in [9.17, 15) is 12.8 Å². The van der Waals surface area contributed by atoms with Crippen molar-refractivity contribution in [1.82, 2.24) is 4.31 Å². The lowest BCUT2D eigenvalue weighted by molar-refractivity contribution is 0.0604. The van der Waals surface area contributed by atoms with Gasteiger partial charge in [0.1, 0.15) is 10.7 Å². The lowest BCUT2D eigenvalue weighted by Gasteiger charge is -2.30. The molecule has 0 radical (unpaired) electrons. The number of rotatable bonds is 3. The van der Waals surface area contributed by atoms with E-state index in [0.29, 0.717) is 25.9 Å². The van der Waals surface area contributed by atoms with Crippen molar-refractivity contribution in [2.75, 3.05) is 25.9 Å². The first-order valence-corrected chi connectivity index (χ1v) is 7.95. The number of hydrogen-bond donors (Lipinski definition) is 1. The molecule has 0 saturated carbocycles. The predicted octanol–water partition coefficient (Wildman–Crippen LogP) is 1.86. The molecule has 0 bridgehead atoms. The van der Waals surface area contributed by atoms with E-state index in [1.54, 1.807) is 7.11 Å². The Morgan fingerprint density at radius 1 is 1.40 bits per heavy atom. The highest BCUT2D eigenvalue weighted by atomic mass is 35.5. The van der Waals surface area contributed by atoms with Crippen LogP contribution < -0.4 is 5.73 Å². The third-order valence-electron chi connectivity index (χ3n) is 3.40. The molecule has 1 heterocycles. The van der Waals surface area contributed by atoms with E-state index in [4.69, 9.17) is 22.1 Å². The highest BCUT2D eigenvalue weighted by Crippen LogP contribution is 2.30. The summed E-state index contributed by atoms with van der Waals surface area (Å²) in [6, 6.07) is 1.99. The molecule has 0 amide bonds. The van der Waals surface area contributed by atoms with Crippen molar-refractivity contribution in [3.8, 4) is 0 Å². The Labute approximate surface area is 122 Å². The maximum absolute atomic E-state index is 13.3. The molecular formula is C12H16ClFN2O3S. The molecule has 0 aliphatic carbocycles. The molecule has 1 fully saturated rings. The summed E-state index contributed by atoms with van der Waals surface area (Å²) in [5.41, 5.74) is 5.19. The Bertz CT molecular complexity index is 601. The summed E-state index contributed by atoms with van der Waals surface area (Å²) >= 11 is 5.84. The van der Waals surface area contributed by atoms with Crippen molar-refractivity contribution >= 4 is 27.3 Å². The first-order chi connectivity index (χ1) is 9.36. The molecule has 1 aliphatic rings. The smallest absolute Gasteiger partial charge is 0.244 e. The van der Waals surface area contributed by atoms with Gasteiger partial charge in [-0.05, 0) is 25.0 Å². The average Bonchev–Trinajstić information content (AvgIpc) is 2.42. The lowest BCUT2D eigenvalue weighted by Crippen LogP contribution is -2.40. The molecule has 0 unspecified atom stereocenters. The number of nitrogens with two attached hydrogens (primary N) is 1. The van der Waals surface area contributed by atoms with Gasteiger partial charge in [-0.3, -0.25) is 0 Å². The lowest BCUT2D eigenvalue weighted by atomic mass is 10.1. The zero-order valence-corrected chi connectivity index (χ0v) is 12.5. The Hall–Kier alpha value is -0.890. The number of piperidine rings is 1. The van der Waals surface area contributed by atoms with Crippen LogP contribution in [-0.4, -0.2) is 39.0 Å². The van der Waals surface area contributed by atoms with Gasteiger partial charge < -0.3 is 10.5 Å². The van der Waals surface area contributed by atoms with E-state index in [1.165, 1.54) is 4.31 Å². The van der Waals surface area contributed by atoms with E-state index in [1.807, 2.05) is 0 Å². The maximum atomic E-state index is 13.3. The zero-order valence-electron chi connectivity index (χ0n) is 11.0. The monoisotopic (exact) mass is 322 g/mol. The Morgan fingerprint density at radius 3 is 2.55 bits per heavy atom. The Morgan fingerprint density at radius 2 is 2.00 bits per heavy atom. The third kappa shape index (κ3) is 2.90. The van der Waals surface area contributed by atoms with Crippen molar-refractivity contribution < 1.29 is 17.5 Å². The molecular weight excluding hydrogens is 307 g/mol. The van der Waals surface area contributed by atoms with Gasteiger partial charge in [-0.2, -0.15) is 4.31 Å². The number of ether oxygens (including phenoxy) is 1. The van der Waals surface area contributed by atoms with Gasteiger partial charge in [-0.15, -0.1) is 0 Å². The van der Waals surface area contributed by atoms with E-state index < -0.39 is 15.8 Å². The van der Waals surface area contributed by atoms with Crippen LogP contribution >= 0.6 is 11.6 Å². The third-order valence-corrected chi connectivity index (χ3v) is 5.77. The normalized spacial score (nSPS) is 18.4. The highest BCUT2D eigenvalue weighted by molar-refractivity contribution is 7.89. The van der Waals surface area contributed by atoms with Gasteiger partial charge in [0.2, 0.25) is 10.0 Å². The summed E-state index contributed by atoms with van der Waals surface area (Å²) < 4.78 is 44.8. The topological polar surface area (TPSA) is 72.6 Å². The largest absolute Gasteiger partial charge is 0.396 e. The fraction of sp³-hybridized carbons (Fsp3) is 0.500. The van der Waals surface area contributed by atoms with Gasteiger partial charge in [-0.1, -0.05) is 11.6 Å². The Balaban J connectivity index is 2.30. The molecule has 2 N–H and O–H groups in total. The van der Waals surface area contributed by atoms with Crippen molar-refractivity contribution in [3.63, 3.8) is 0 Å². The molecule has 8 heteroatoms. The molecule has 1 aliphatic heterocycles. The second kappa shape index (κ2) is 5.85. The summed E-state index contributed by atoms with van der Waals surface area (Å²) in [4.78, 5) is -0.158. The van der Waals surface area contributed by atoms with Crippen LogP contribution in [-0.2, 0) is 14.8 Å².